The second-order valence-corrected chi connectivity index (χ2v) is 7.92. The van der Waals surface area contributed by atoms with Crippen molar-refractivity contribution in [3.8, 4) is 0 Å². The molecule has 1 heterocycles. The Hall–Kier alpha value is -1.39. The summed E-state index contributed by atoms with van der Waals surface area (Å²) in [6.07, 6.45) is 1.41. The van der Waals surface area contributed by atoms with Crippen molar-refractivity contribution in [2.24, 2.45) is 11.3 Å². The van der Waals surface area contributed by atoms with Crippen molar-refractivity contribution in [3.05, 3.63) is 0 Å². The number of carbonyl (C=O) groups is 3. The monoisotopic (exact) mass is 324 g/mol. The molecule has 1 atom stereocenters. The smallest absolute Gasteiger partial charge is 0.223 e. The Morgan fingerprint density at radius 2 is 1.65 bits per heavy atom. The van der Waals surface area contributed by atoms with Gasteiger partial charge in [-0.05, 0) is 11.8 Å². The fourth-order valence-electron chi connectivity index (χ4n) is 2.93. The fourth-order valence-corrected chi connectivity index (χ4v) is 2.93. The van der Waals surface area contributed by atoms with Crippen LogP contribution >= 0.6 is 0 Å². The maximum Gasteiger partial charge on any atom is 0.223 e. The van der Waals surface area contributed by atoms with Crippen molar-refractivity contribution in [3.63, 3.8) is 0 Å². The first-order chi connectivity index (χ1) is 10.6. The van der Waals surface area contributed by atoms with E-state index in [2.05, 4.69) is 0 Å². The second kappa shape index (κ2) is 7.93. The third-order valence-electron chi connectivity index (χ3n) is 4.21. The summed E-state index contributed by atoms with van der Waals surface area (Å²) in [4.78, 5) is 40.7. The molecule has 5 heteroatoms. The van der Waals surface area contributed by atoms with Gasteiger partial charge in [-0.2, -0.15) is 0 Å². The van der Waals surface area contributed by atoms with Crippen molar-refractivity contribution < 1.29 is 14.4 Å². The molecular weight excluding hydrogens is 292 g/mol. The number of nitrogens with zero attached hydrogens (tertiary/aromatic N) is 2. The van der Waals surface area contributed by atoms with Crippen LogP contribution < -0.4 is 0 Å². The molecule has 0 saturated carbocycles. The summed E-state index contributed by atoms with van der Waals surface area (Å²) in [6.45, 7) is 13.2. The molecule has 2 amide bonds. The summed E-state index contributed by atoms with van der Waals surface area (Å²) in [5.74, 6) is 0.0917. The highest BCUT2D eigenvalue weighted by Gasteiger charge is 2.34. The summed E-state index contributed by atoms with van der Waals surface area (Å²) in [6, 6.07) is -0.394. The fraction of sp³-hybridized carbons (Fsp3) is 0.833. The maximum atomic E-state index is 12.5. The van der Waals surface area contributed by atoms with Crippen molar-refractivity contribution in [2.45, 2.75) is 66.8 Å². The molecule has 0 spiro atoms. The lowest BCUT2D eigenvalue weighted by Gasteiger charge is -2.29. The van der Waals surface area contributed by atoms with Gasteiger partial charge >= 0.3 is 0 Å². The van der Waals surface area contributed by atoms with E-state index in [1.165, 1.54) is 0 Å². The topological polar surface area (TPSA) is 57.7 Å². The van der Waals surface area contributed by atoms with Crippen LogP contribution in [0.5, 0.6) is 0 Å². The van der Waals surface area contributed by atoms with Crippen LogP contribution in [0.25, 0.3) is 0 Å². The molecule has 1 fully saturated rings. The van der Waals surface area contributed by atoms with E-state index in [0.29, 0.717) is 38.9 Å². The Balaban J connectivity index is 2.89. The minimum Gasteiger partial charge on any atom is -0.341 e. The van der Waals surface area contributed by atoms with Gasteiger partial charge in [0.05, 0.1) is 6.04 Å². The molecule has 1 rings (SSSR count). The van der Waals surface area contributed by atoms with Gasteiger partial charge in [0.25, 0.3) is 0 Å². The minimum atomic E-state index is -0.394. The Kier molecular flexibility index (Phi) is 6.78. The zero-order valence-electron chi connectivity index (χ0n) is 15.5. The van der Waals surface area contributed by atoms with Gasteiger partial charge in [-0.3, -0.25) is 14.4 Å². The zero-order chi connectivity index (χ0) is 17.8. The summed E-state index contributed by atoms with van der Waals surface area (Å²) >= 11 is 0. The highest BCUT2D eigenvalue weighted by molar-refractivity contribution is 5.90. The van der Waals surface area contributed by atoms with E-state index in [1.54, 1.807) is 4.90 Å². The molecule has 0 aromatic carbocycles. The number of amides is 2. The van der Waals surface area contributed by atoms with Gasteiger partial charge in [0, 0.05) is 38.4 Å². The summed E-state index contributed by atoms with van der Waals surface area (Å²) < 4.78 is 0. The van der Waals surface area contributed by atoms with E-state index in [0.717, 1.165) is 0 Å². The van der Waals surface area contributed by atoms with Gasteiger partial charge in [-0.15, -0.1) is 0 Å². The first kappa shape index (κ1) is 19.7. The van der Waals surface area contributed by atoms with E-state index in [-0.39, 0.29) is 28.9 Å². The van der Waals surface area contributed by atoms with Crippen LogP contribution in [0.15, 0.2) is 0 Å². The van der Waals surface area contributed by atoms with E-state index in [1.807, 2.05) is 46.4 Å². The molecule has 0 aromatic rings. The quantitative estimate of drug-likeness (QED) is 0.798. The molecule has 1 aliphatic heterocycles. The summed E-state index contributed by atoms with van der Waals surface area (Å²) in [5.41, 5.74) is -0.0601. The molecule has 23 heavy (non-hydrogen) atoms. The molecule has 0 N–H and O–H groups in total. The molecule has 5 nitrogen and oxygen atoms in total. The number of ketones is 1. The molecule has 0 bridgehead atoms. The highest BCUT2D eigenvalue weighted by Crippen LogP contribution is 2.22. The Labute approximate surface area is 140 Å². The molecule has 1 saturated heterocycles. The van der Waals surface area contributed by atoms with Crippen molar-refractivity contribution in [1.82, 2.24) is 9.80 Å². The zero-order valence-corrected chi connectivity index (χ0v) is 15.5. The Bertz CT molecular complexity index is 452. The molecule has 1 unspecified atom stereocenters. The SMILES string of the molecule is CCC(=O)N1CCN(C(=O)CC(C)(C)C)CCC1C(=O)C(C)C. The molecule has 1 aliphatic rings. The predicted molar refractivity (Wildman–Crippen MR) is 90.9 cm³/mol. The normalized spacial score (nSPS) is 19.7. The number of Topliss-reactive ketones (excluding diaryl/α,β-unsaturated/α-hetero) is 1. The third kappa shape index (κ3) is 5.63. The number of carbonyl (C=O) groups excluding carboxylic acids is 3. The van der Waals surface area contributed by atoms with Crippen molar-refractivity contribution in [1.29, 1.82) is 0 Å². The van der Waals surface area contributed by atoms with E-state index >= 15 is 0 Å². The average Bonchev–Trinajstić information content (AvgIpc) is 2.66. The molecular formula is C18H32N2O3. The van der Waals surface area contributed by atoms with Crippen LogP contribution in [0.4, 0.5) is 0 Å². The van der Waals surface area contributed by atoms with Gasteiger partial charge in [-0.1, -0.05) is 41.5 Å². The van der Waals surface area contributed by atoms with Gasteiger partial charge in [0.2, 0.25) is 11.8 Å². The van der Waals surface area contributed by atoms with Crippen molar-refractivity contribution in [2.75, 3.05) is 19.6 Å². The number of hydrogen-bond acceptors (Lipinski definition) is 3. The third-order valence-corrected chi connectivity index (χ3v) is 4.21. The minimum absolute atomic E-state index is 0.00544. The van der Waals surface area contributed by atoms with Gasteiger partial charge in [0.15, 0.2) is 5.78 Å². The van der Waals surface area contributed by atoms with Crippen molar-refractivity contribution >= 4 is 17.6 Å². The highest BCUT2D eigenvalue weighted by atomic mass is 16.2. The molecule has 0 aliphatic carbocycles. The second-order valence-electron chi connectivity index (χ2n) is 7.92. The lowest BCUT2D eigenvalue weighted by Crippen LogP contribution is -2.46. The Morgan fingerprint density at radius 1 is 1.04 bits per heavy atom. The molecule has 132 valence electrons. The first-order valence-corrected chi connectivity index (χ1v) is 8.67. The predicted octanol–water partition coefficient (Wildman–Crippen LogP) is 2.49. The van der Waals surface area contributed by atoms with Crippen LogP contribution in [-0.2, 0) is 14.4 Å². The molecule has 0 radical (unpaired) electrons. The largest absolute Gasteiger partial charge is 0.341 e. The lowest BCUT2D eigenvalue weighted by atomic mass is 9.91. The lowest BCUT2D eigenvalue weighted by molar-refractivity contribution is -0.140. The number of rotatable bonds is 4. The van der Waals surface area contributed by atoms with Crippen LogP contribution in [-0.4, -0.2) is 53.1 Å². The standard InChI is InChI=1S/C18H32N2O3/c1-7-15(21)20-11-10-19(16(22)12-18(4,5)6)9-8-14(20)17(23)13(2)3/h13-14H,7-12H2,1-6H3. The van der Waals surface area contributed by atoms with Gasteiger partial charge in [-0.25, -0.2) is 0 Å². The van der Waals surface area contributed by atoms with Crippen LogP contribution in [0.3, 0.4) is 0 Å². The average molecular weight is 324 g/mol. The van der Waals surface area contributed by atoms with Gasteiger partial charge in [0.1, 0.15) is 0 Å². The molecule has 0 aromatic heterocycles. The summed E-state index contributed by atoms with van der Waals surface area (Å²) in [7, 11) is 0. The van der Waals surface area contributed by atoms with E-state index in [9.17, 15) is 14.4 Å². The Morgan fingerprint density at radius 3 is 2.13 bits per heavy atom. The van der Waals surface area contributed by atoms with Crippen LogP contribution in [0, 0.1) is 11.3 Å². The van der Waals surface area contributed by atoms with Crippen LogP contribution in [0.2, 0.25) is 0 Å². The van der Waals surface area contributed by atoms with E-state index < -0.39 is 6.04 Å². The number of hydrogen-bond donors (Lipinski definition) is 0. The van der Waals surface area contributed by atoms with E-state index in [4.69, 9.17) is 0 Å². The maximum absolute atomic E-state index is 12.5. The van der Waals surface area contributed by atoms with Gasteiger partial charge < -0.3 is 9.80 Å². The van der Waals surface area contributed by atoms with Crippen LogP contribution in [0.1, 0.15) is 60.8 Å². The first-order valence-electron chi connectivity index (χ1n) is 8.67. The summed E-state index contributed by atoms with van der Waals surface area (Å²) in [5, 5.41) is 0.